The van der Waals surface area contributed by atoms with Crippen molar-refractivity contribution in [2.24, 2.45) is 5.92 Å². The molecule has 0 aliphatic heterocycles. The van der Waals surface area contributed by atoms with Gasteiger partial charge in [0.1, 0.15) is 11.3 Å². The van der Waals surface area contributed by atoms with Gasteiger partial charge in [-0.1, -0.05) is 38.0 Å². The molecule has 0 saturated carbocycles. The Morgan fingerprint density at radius 1 is 1.21 bits per heavy atom. The number of fused-ring (bicyclic) bond motifs is 1. The molecule has 28 heavy (non-hydrogen) atoms. The Bertz CT molecular complexity index is 857. The summed E-state index contributed by atoms with van der Waals surface area (Å²) in [6, 6.07) is 0.464. The van der Waals surface area contributed by atoms with Crippen LogP contribution in [-0.2, 0) is 14.3 Å². The molecule has 1 heterocycles. The highest BCUT2D eigenvalue weighted by Gasteiger charge is 2.26. The highest BCUT2D eigenvalue weighted by atomic mass is 32.1. The van der Waals surface area contributed by atoms with Crippen molar-refractivity contribution in [1.29, 1.82) is 0 Å². The standard InChI is InChI=1S/C19H23F3N2O3S/c1-4-6-7-8-24(14(25)9-11(3)18(26)27-5-2)19-23-16-15(22)12(20)10-13(21)17(16)28-19/h10-11H,4-9H2,1-3H3. The highest BCUT2D eigenvalue weighted by Crippen LogP contribution is 2.34. The minimum Gasteiger partial charge on any atom is -0.466 e. The first-order chi connectivity index (χ1) is 13.3. The number of aromatic nitrogens is 1. The first-order valence-corrected chi connectivity index (χ1v) is 10.0. The Kier molecular flexibility index (Phi) is 7.79. The molecule has 2 rings (SSSR count). The lowest BCUT2D eigenvalue weighted by atomic mass is 10.1. The summed E-state index contributed by atoms with van der Waals surface area (Å²) in [6.07, 6.45) is 2.29. The van der Waals surface area contributed by atoms with Crippen molar-refractivity contribution in [3.8, 4) is 0 Å². The van der Waals surface area contributed by atoms with Crippen LogP contribution in [0.4, 0.5) is 18.3 Å². The summed E-state index contributed by atoms with van der Waals surface area (Å²) in [4.78, 5) is 29.9. The summed E-state index contributed by atoms with van der Waals surface area (Å²) in [6.45, 7) is 5.74. The van der Waals surface area contributed by atoms with Crippen LogP contribution in [0.3, 0.4) is 0 Å². The number of amides is 1. The van der Waals surface area contributed by atoms with Crippen molar-refractivity contribution in [1.82, 2.24) is 4.98 Å². The first-order valence-electron chi connectivity index (χ1n) is 9.21. The number of hydrogen-bond acceptors (Lipinski definition) is 5. The van der Waals surface area contributed by atoms with E-state index in [1.165, 1.54) is 4.90 Å². The van der Waals surface area contributed by atoms with Crippen LogP contribution < -0.4 is 4.90 Å². The quantitative estimate of drug-likeness (QED) is 0.334. The van der Waals surface area contributed by atoms with Crippen molar-refractivity contribution in [3.63, 3.8) is 0 Å². The van der Waals surface area contributed by atoms with Crippen LogP contribution in [-0.4, -0.2) is 30.0 Å². The van der Waals surface area contributed by atoms with Crippen LogP contribution in [0.15, 0.2) is 6.07 Å². The maximum atomic E-state index is 14.0. The molecule has 0 bridgehead atoms. The zero-order valence-electron chi connectivity index (χ0n) is 16.1. The third-order valence-corrected chi connectivity index (χ3v) is 5.28. The number of esters is 1. The number of carbonyl (C=O) groups is 2. The number of benzene rings is 1. The Hall–Kier alpha value is -2.16. The second-order valence-corrected chi connectivity index (χ2v) is 7.42. The molecule has 0 aliphatic rings. The molecule has 1 atom stereocenters. The van der Waals surface area contributed by atoms with Crippen LogP contribution in [0.1, 0.15) is 46.5 Å². The van der Waals surface area contributed by atoms with Crippen molar-refractivity contribution in [2.45, 2.75) is 46.5 Å². The maximum absolute atomic E-state index is 14.0. The van der Waals surface area contributed by atoms with Crippen LogP contribution in [0.25, 0.3) is 10.2 Å². The fraction of sp³-hybridized carbons (Fsp3) is 0.526. The molecule has 2 aromatic rings. The van der Waals surface area contributed by atoms with Crippen LogP contribution in [0.2, 0.25) is 0 Å². The monoisotopic (exact) mass is 416 g/mol. The minimum absolute atomic E-state index is 0.0792. The number of hydrogen-bond donors (Lipinski definition) is 0. The van der Waals surface area contributed by atoms with Gasteiger partial charge in [0.15, 0.2) is 16.8 Å². The van der Waals surface area contributed by atoms with Gasteiger partial charge in [0, 0.05) is 19.0 Å². The van der Waals surface area contributed by atoms with Gasteiger partial charge in [-0.3, -0.25) is 14.5 Å². The van der Waals surface area contributed by atoms with Gasteiger partial charge in [-0.2, -0.15) is 0 Å². The molecule has 1 unspecified atom stereocenters. The van der Waals surface area contributed by atoms with Gasteiger partial charge in [-0.15, -0.1) is 0 Å². The van der Waals surface area contributed by atoms with E-state index in [9.17, 15) is 22.8 Å². The minimum atomic E-state index is -1.33. The molecule has 1 amide bonds. The molecule has 9 heteroatoms. The third kappa shape index (κ3) is 5.01. The summed E-state index contributed by atoms with van der Waals surface area (Å²) in [7, 11) is 0. The predicted octanol–water partition coefficient (Wildman–Crippen LogP) is 4.83. The van der Waals surface area contributed by atoms with Gasteiger partial charge < -0.3 is 4.74 Å². The van der Waals surface area contributed by atoms with E-state index in [2.05, 4.69) is 4.98 Å². The van der Waals surface area contributed by atoms with E-state index in [0.717, 1.165) is 24.2 Å². The van der Waals surface area contributed by atoms with Gasteiger partial charge in [0.2, 0.25) is 5.91 Å². The molecule has 154 valence electrons. The molecule has 0 radical (unpaired) electrons. The molecule has 0 spiro atoms. The van der Waals surface area contributed by atoms with Crippen LogP contribution in [0, 0.1) is 23.4 Å². The number of unbranched alkanes of at least 4 members (excludes halogenated alkanes) is 2. The maximum Gasteiger partial charge on any atom is 0.309 e. The smallest absolute Gasteiger partial charge is 0.309 e. The molecule has 5 nitrogen and oxygen atoms in total. The number of rotatable bonds is 9. The molecule has 1 aromatic heterocycles. The van der Waals surface area contributed by atoms with E-state index in [0.29, 0.717) is 12.5 Å². The van der Waals surface area contributed by atoms with Gasteiger partial charge in [0.25, 0.3) is 0 Å². The lowest BCUT2D eigenvalue weighted by molar-refractivity contribution is -0.148. The Morgan fingerprint density at radius 2 is 1.93 bits per heavy atom. The molecule has 1 aromatic carbocycles. The highest BCUT2D eigenvalue weighted by molar-refractivity contribution is 7.22. The predicted molar refractivity (Wildman–Crippen MR) is 102 cm³/mol. The first kappa shape index (κ1) is 22.1. The lowest BCUT2D eigenvalue weighted by Gasteiger charge is -2.21. The normalized spacial score (nSPS) is 12.2. The van der Waals surface area contributed by atoms with E-state index in [1.807, 2.05) is 6.92 Å². The molecule has 0 fully saturated rings. The Morgan fingerprint density at radius 3 is 2.57 bits per heavy atom. The van der Waals surface area contributed by atoms with Gasteiger partial charge in [0.05, 0.1) is 17.2 Å². The summed E-state index contributed by atoms with van der Waals surface area (Å²) in [5.74, 6) is -5.08. The van der Waals surface area contributed by atoms with E-state index >= 15 is 0 Å². The zero-order valence-corrected chi connectivity index (χ0v) is 16.9. The van der Waals surface area contributed by atoms with Crippen molar-refractivity contribution in [2.75, 3.05) is 18.1 Å². The third-order valence-electron chi connectivity index (χ3n) is 4.19. The fourth-order valence-corrected chi connectivity index (χ4v) is 3.69. The van der Waals surface area contributed by atoms with Gasteiger partial charge >= 0.3 is 5.97 Å². The second kappa shape index (κ2) is 9.86. The van der Waals surface area contributed by atoms with Gasteiger partial charge in [-0.25, -0.2) is 18.2 Å². The van der Waals surface area contributed by atoms with Crippen molar-refractivity contribution >= 4 is 38.6 Å². The van der Waals surface area contributed by atoms with Crippen molar-refractivity contribution in [3.05, 3.63) is 23.5 Å². The number of carbonyl (C=O) groups excluding carboxylic acids is 2. The van der Waals surface area contributed by atoms with Gasteiger partial charge in [-0.05, 0) is 13.3 Å². The number of ether oxygens (including phenoxy) is 1. The Labute approximate surface area is 165 Å². The molecule has 0 N–H and O–H groups in total. The average molecular weight is 416 g/mol. The summed E-state index contributed by atoms with van der Waals surface area (Å²) in [5, 5.41) is 0.0792. The summed E-state index contributed by atoms with van der Waals surface area (Å²) >= 11 is 0.783. The molecular formula is C19H23F3N2O3S. The Balaban J connectivity index is 2.33. The lowest BCUT2D eigenvalue weighted by Crippen LogP contribution is -2.34. The summed E-state index contributed by atoms with van der Waals surface area (Å²) < 4.78 is 46.3. The summed E-state index contributed by atoms with van der Waals surface area (Å²) in [5.41, 5.74) is -0.441. The molecular weight excluding hydrogens is 393 g/mol. The number of anilines is 1. The molecule has 0 aliphatic carbocycles. The van der Waals surface area contributed by atoms with Crippen molar-refractivity contribution < 1.29 is 27.5 Å². The fourth-order valence-electron chi connectivity index (χ4n) is 2.68. The average Bonchev–Trinajstić information content (AvgIpc) is 3.09. The zero-order chi connectivity index (χ0) is 20.8. The van der Waals surface area contributed by atoms with E-state index < -0.39 is 40.8 Å². The topological polar surface area (TPSA) is 59.5 Å². The molecule has 0 saturated heterocycles. The number of nitrogens with zero attached hydrogens (tertiary/aromatic N) is 2. The number of thiazole rings is 1. The van der Waals surface area contributed by atoms with E-state index in [1.54, 1.807) is 13.8 Å². The van der Waals surface area contributed by atoms with E-state index in [4.69, 9.17) is 4.74 Å². The second-order valence-electron chi connectivity index (χ2n) is 6.44. The number of halogens is 3. The largest absolute Gasteiger partial charge is 0.466 e. The van der Waals surface area contributed by atoms with E-state index in [-0.39, 0.29) is 29.4 Å². The van der Waals surface area contributed by atoms with Crippen LogP contribution >= 0.6 is 11.3 Å². The van der Waals surface area contributed by atoms with Crippen LogP contribution in [0.5, 0.6) is 0 Å². The SMILES string of the molecule is CCCCCN(C(=O)CC(C)C(=O)OCC)c1nc2c(F)c(F)cc(F)c2s1.